The number of thiazole rings is 1. The molecule has 2 rings (SSSR count). The van der Waals surface area contributed by atoms with Crippen LogP contribution in [0.1, 0.15) is 49.2 Å². The fourth-order valence-corrected chi connectivity index (χ4v) is 2.81. The van der Waals surface area contributed by atoms with Gasteiger partial charge in [0.2, 0.25) is 5.89 Å². The molecule has 2 aromatic heterocycles. The lowest BCUT2D eigenvalue weighted by atomic mass is 9.94. The first-order valence-electron chi connectivity index (χ1n) is 8.27. The summed E-state index contributed by atoms with van der Waals surface area (Å²) in [5.41, 5.74) is -0.0381. The molecule has 0 unspecified atom stereocenters. The lowest BCUT2D eigenvalue weighted by molar-refractivity contribution is 0.383. The molecule has 0 fully saturated rings. The van der Waals surface area contributed by atoms with Crippen molar-refractivity contribution in [1.29, 1.82) is 0 Å². The van der Waals surface area contributed by atoms with Gasteiger partial charge in [0.15, 0.2) is 5.96 Å². The summed E-state index contributed by atoms with van der Waals surface area (Å²) in [6.45, 7) is 12.4. The molecule has 0 atom stereocenters. The Kier molecular flexibility index (Phi) is 8.84. The summed E-state index contributed by atoms with van der Waals surface area (Å²) >= 11 is 1.73. The third-order valence-electron chi connectivity index (χ3n) is 3.31. The van der Waals surface area contributed by atoms with Crippen LogP contribution in [0.15, 0.2) is 21.8 Å². The van der Waals surface area contributed by atoms with Crippen molar-refractivity contribution in [2.75, 3.05) is 13.1 Å². The molecule has 0 saturated carbocycles. The van der Waals surface area contributed by atoms with Crippen LogP contribution in [-0.4, -0.2) is 29.0 Å². The minimum Gasteiger partial charge on any atom is -0.443 e. The molecule has 8 heteroatoms. The summed E-state index contributed by atoms with van der Waals surface area (Å²) in [5.74, 6) is 2.28. The van der Waals surface area contributed by atoms with Crippen LogP contribution in [0.4, 0.5) is 0 Å². The minimum absolute atomic E-state index is 0. The molecular formula is C17H28IN5OS. The van der Waals surface area contributed by atoms with Crippen LogP contribution in [0, 0.1) is 6.92 Å². The number of guanidine groups is 1. The first-order chi connectivity index (χ1) is 11.4. The molecule has 25 heavy (non-hydrogen) atoms. The number of nitrogens with zero attached hydrogens (tertiary/aromatic N) is 3. The van der Waals surface area contributed by atoms with E-state index in [-0.39, 0.29) is 29.4 Å². The summed E-state index contributed by atoms with van der Waals surface area (Å²) in [6.07, 6.45) is 4.58. The van der Waals surface area contributed by atoms with Crippen molar-refractivity contribution in [3.63, 3.8) is 0 Å². The zero-order chi connectivity index (χ0) is 17.6. The van der Waals surface area contributed by atoms with Crippen LogP contribution in [0.3, 0.4) is 0 Å². The number of oxazole rings is 1. The molecule has 0 aliphatic carbocycles. The van der Waals surface area contributed by atoms with Gasteiger partial charge >= 0.3 is 0 Å². The van der Waals surface area contributed by atoms with Crippen LogP contribution in [0.2, 0.25) is 0 Å². The SMILES string of the molecule is CCNC(=NCc1ncc(C(C)(C)C)o1)NCCc1ncc(C)s1.I. The summed E-state index contributed by atoms with van der Waals surface area (Å²) in [4.78, 5) is 14.5. The van der Waals surface area contributed by atoms with Gasteiger partial charge in [0.05, 0.1) is 11.2 Å². The van der Waals surface area contributed by atoms with E-state index < -0.39 is 0 Å². The van der Waals surface area contributed by atoms with E-state index in [0.717, 1.165) is 36.2 Å². The number of hydrogen-bond donors (Lipinski definition) is 2. The number of hydrogen-bond acceptors (Lipinski definition) is 5. The van der Waals surface area contributed by atoms with E-state index in [1.54, 1.807) is 17.5 Å². The van der Waals surface area contributed by atoms with Gasteiger partial charge in [0.25, 0.3) is 0 Å². The maximum Gasteiger partial charge on any atom is 0.216 e. The van der Waals surface area contributed by atoms with Gasteiger partial charge in [-0.3, -0.25) is 0 Å². The van der Waals surface area contributed by atoms with Gasteiger partial charge in [-0.1, -0.05) is 20.8 Å². The van der Waals surface area contributed by atoms with Crippen LogP contribution in [0.25, 0.3) is 0 Å². The summed E-state index contributed by atoms with van der Waals surface area (Å²) in [6, 6.07) is 0. The molecule has 140 valence electrons. The van der Waals surface area contributed by atoms with Gasteiger partial charge in [-0.15, -0.1) is 35.3 Å². The highest BCUT2D eigenvalue weighted by molar-refractivity contribution is 14.0. The molecule has 2 aromatic rings. The normalized spacial score (nSPS) is 12.0. The van der Waals surface area contributed by atoms with Crippen molar-refractivity contribution in [1.82, 2.24) is 20.6 Å². The Balaban J connectivity index is 0.00000312. The number of aromatic nitrogens is 2. The predicted octanol–water partition coefficient (Wildman–Crippen LogP) is 3.65. The second-order valence-electron chi connectivity index (χ2n) is 6.60. The van der Waals surface area contributed by atoms with E-state index >= 15 is 0 Å². The van der Waals surface area contributed by atoms with E-state index in [1.807, 2.05) is 13.1 Å². The summed E-state index contributed by atoms with van der Waals surface area (Å²) in [5, 5.41) is 7.69. The second-order valence-corrected chi connectivity index (χ2v) is 7.92. The fraction of sp³-hybridized carbons (Fsp3) is 0.588. The monoisotopic (exact) mass is 477 g/mol. The molecule has 0 aliphatic rings. The Bertz CT molecular complexity index is 675. The molecule has 2 N–H and O–H groups in total. The predicted molar refractivity (Wildman–Crippen MR) is 114 cm³/mol. The molecule has 0 aliphatic heterocycles. The zero-order valence-electron chi connectivity index (χ0n) is 15.5. The zero-order valence-corrected chi connectivity index (χ0v) is 18.7. The van der Waals surface area contributed by atoms with Crippen LogP contribution < -0.4 is 10.6 Å². The van der Waals surface area contributed by atoms with Crippen molar-refractivity contribution in [2.24, 2.45) is 4.99 Å². The Labute approximate surface area is 171 Å². The van der Waals surface area contributed by atoms with Crippen LogP contribution in [0.5, 0.6) is 0 Å². The van der Waals surface area contributed by atoms with Crippen molar-refractivity contribution in [2.45, 2.75) is 53.0 Å². The lowest BCUT2D eigenvalue weighted by Gasteiger charge is -2.13. The van der Waals surface area contributed by atoms with E-state index in [1.165, 1.54) is 4.88 Å². The molecule has 0 amide bonds. The highest BCUT2D eigenvalue weighted by atomic mass is 127. The molecule has 0 bridgehead atoms. The quantitative estimate of drug-likeness (QED) is 0.378. The number of halogens is 1. The van der Waals surface area contributed by atoms with Gasteiger partial charge in [-0.25, -0.2) is 15.0 Å². The largest absolute Gasteiger partial charge is 0.443 e. The van der Waals surface area contributed by atoms with Gasteiger partial charge in [-0.2, -0.15) is 0 Å². The fourth-order valence-electron chi connectivity index (χ4n) is 2.02. The minimum atomic E-state index is -0.0381. The molecule has 6 nitrogen and oxygen atoms in total. The van der Waals surface area contributed by atoms with E-state index in [9.17, 15) is 0 Å². The Morgan fingerprint density at radius 2 is 2.00 bits per heavy atom. The number of rotatable bonds is 6. The molecule has 0 spiro atoms. The van der Waals surface area contributed by atoms with Gasteiger partial charge in [0, 0.05) is 36.0 Å². The first kappa shape index (κ1) is 21.9. The summed E-state index contributed by atoms with van der Waals surface area (Å²) < 4.78 is 5.77. The maximum atomic E-state index is 5.77. The number of nitrogens with one attached hydrogen (secondary N) is 2. The summed E-state index contributed by atoms with van der Waals surface area (Å²) in [7, 11) is 0. The number of aryl methyl sites for hydroxylation is 1. The van der Waals surface area contributed by atoms with Crippen molar-refractivity contribution in [3.05, 3.63) is 33.9 Å². The Hall–Kier alpha value is -1.16. The lowest BCUT2D eigenvalue weighted by Crippen LogP contribution is -2.38. The molecule has 2 heterocycles. The van der Waals surface area contributed by atoms with E-state index in [4.69, 9.17) is 4.42 Å². The number of aliphatic imine (C=N–C) groups is 1. The first-order valence-corrected chi connectivity index (χ1v) is 9.09. The highest BCUT2D eigenvalue weighted by Gasteiger charge is 2.18. The van der Waals surface area contributed by atoms with Crippen LogP contribution >= 0.6 is 35.3 Å². The van der Waals surface area contributed by atoms with Crippen molar-refractivity contribution in [3.8, 4) is 0 Å². The smallest absolute Gasteiger partial charge is 0.216 e. The third-order valence-corrected chi connectivity index (χ3v) is 4.28. The van der Waals surface area contributed by atoms with Crippen molar-refractivity contribution < 1.29 is 4.42 Å². The average Bonchev–Trinajstić information content (AvgIpc) is 3.13. The van der Waals surface area contributed by atoms with Crippen molar-refractivity contribution >= 4 is 41.3 Å². The Morgan fingerprint density at radius 1 is 1.24 bits per heavy atom. The Morgan fingerprint density at radius 3 is 2.56 bits per heavy atom. The van der Waals surface area contributed by atoms with E-state index in [0.29, 0.717) is 12.4 Å². The molecular weight excluding hydrogens is 449 g/mol. The van der Waals surface area contributed by atoms with Crippen LogP contribution in [-0.2, 0) is 18.4 Å². The van der Waals surface area contributed by atoms with Gasteiger partial charge in [0.1, 0.15) is 12.3 Å². The molecule has 0 aromatic carbocycles. The molecule has 0 saturated heterocycles. The topological polar surface area (TPSA) is 75.3 Å². The van der Waals surface area contributed by atoms with E-state index in [2.05, 4.69) is 53.3 Å². The standard InChI is InChI=1S/C17H27N5OS.HI/c1-6-18-16(19-8-7-15-21-9-12(2)24-15)22-11-14-20-10-13(23-14)17(3,4)5;/h9-10H,6-8,11H2,1-5H3,(H2,18,19,22);1H. The highest BCUT2D eigenvalue weighted by Crippen LogP contribution is 2.22. The average molecular weight is 477 g/mol. The van der Waals surface area contributed by atoms with Gasteiger partial charge in [-0.05, 0) is 13.8 Å². The second kappa shape index (κ2) is 10.1. The maximum absolute atomic E-state index is 5.77. The van der Waals surface area contributed by atoms with Gasteiger partial charge < -0.3 is 15.1 Å². The molecule has 0 radical (unpaired) electrons. The third kappa shape index (κ3) is 7.31.